The van der Waals surface area contributed by atoms with E-state index in [0.29, 0.717) is 12.8 Å². The van der Waals surface area contributed by atoms with Gasteiger partial charge < -0.3 is 5.11 Å². The second-order valence-electron chi connectivity index (χ2n) is 4.55. The third kappa shape index (κ3) is 2.50. The second kappa shape index (κ2) is 4.63. The molecule has 1 fully saturated rings. The Morgan fingerprint density at radius 3 is 2.75 bits per heavy atom. The Labute approximate surface area is 99.5 Å². The van der Waals surface area contributed by atoms with Crippen LogP contribution in [-0.4, -0.2) is 21.5 Å². The first-order valence-electron chi connectivity index (χ1n) is 5.77. The molecule has 0 bridgehead atoms. The highest BCUT2D eigenvalue weighted by atomic mass is 32.1. The summed E-state index contributed by atoms with van der Waals surface area (Å²) in [6.07, 6.45) is 4.56. The van der Waals surface area contributed by atoms with Crippen LogP contribution in [-0.2, 0) is 11.2 Å². The van der Waals surface area contributed by atoms with Crippen molar-refractivity contribution in [2.75, 3.05) is 0 Å². The van der Waals surface area contributed by atoms with Gasteiger partial charge in [-0.1, -0.05) is 19.3 Å². The number of aryl methyl sites for hydroxylation is 1. The normalized spacial score (nSPS) is 19.6. The van der Waals surface area contributed by atoms with Gasteiger partial charge in [0.05, 0.1) is 17.1 Å². The summed E-state index contributed by atoms with van der Waals surface area (Å²) in [4.78, 5) is 16.3. The van der Waals surface area contributed by atoms with Gasteiger partial charge in [0.2, 0.25) is 0 Å². The standard InChI is InChI=1S/C12H17NO2S/c1-9-13-10(8-16-9)7-11(14)12(15)5-3-2-4-6-12/h8,15H,2-7H2,1H3. The van der Waals surface area contributed by atoms with E-state index in [0.717, 1.165) is 30.0 Å². The lowest BCUT2D eigenvalue weighted by Crippen LogP contribution is -2.41. The molecule has 0 amide bonds. The molecule has 88 valence electrons. The van der Waals surface area contributed by atoms with E-state index < -0.39 is 5.60 Å². The number of ketones is 1. The minimum Gasteiger partial charge on any atom is -0.382 e. The third-order valence-electron chi connectivity index (χ3n) is 3.21. The Hall–Kier alpha value is -0.740. The fourth-order valence-corrected chi connectivity index (χ4v) is 2.85. The zero-order valence-electron chi connectivity index (χ0n) is 9.53. The Morgan fingerprint density at radius 1 is 1.50 bits per heavy atom. The zero-order valence-corrected chi connectivity index (χ0v) is 10.3. The highest BCUT2D eigenvalue weighted by Crippen LogP contribution is 2.29. The van der Waals surface area contributed by atoms with E-state index in [1.54, 1.807) is 11.3 Å². The number of carbonyl (C=O) groups excluding carboxylic acids is 1. The number of Topliss-reactive ketones (excluding diaryl/α,β-unsaturated/α-hetero) is 1. The summed E-state index contributed by atoms with van der Waals surface area (Å²) < 4.78 is 0. The molecule has 4 heteroatoms. The molecule has 0 unspecified atom stereocenters. The molecule has 1 aromatic rings. The molecular formula is C12H17NO2S. The smallest absolute Gasteiger partial charge is 0.170 e. The number of thiazole rings is 1. The van der Waals surface area contributed by atoms with Crippen molar-refractivity contribution >= 4 is 17.1 Å². The van der Waals surface area contributed by atoms with Gasteiger partial charge in [-0.2, -0.15) is 0 Å². The summed E-state index contributed by atoms with van der Waals surface area (Å²) in [6, 6.07) is 0. The molecule has 1 aromatic heterocycles. The van der Waals surface area contributed by atoms with E-state index in [1.165, 1.54) is 0 Å². The Morgan fingerprint density at radius 2 is 2.19 bits per heavy atom. The molecule has 1 aliphatic rings. The molecule has 1 heterocycles. The van der Waals surface area contributed by atoms with Gasteiger partial charge in [-0.3, -0.25) is 4.79 Å². The Bertz CT molecular complexity index is 380. The molecule has 1 aliphatic carbocycles. The van der Waals surface area contributed by atoms with Crippen molar-refractivity contribution in [3.63, 3.8) is 0 Å². The van der Waals surface area contributed by atoms with Gasteiger partial charge in [0.15, 0.2) is 5.78 Å². The van der Waals surface area contributed by atoms with E-state index in [-0.39, 0.29) is 12.2 Å². The van der Waals surface area contributed by atoms with Crippen LogP contribution < -0.4 is 0 Å². The van der Waals surface area contributed by atoms with Gasteiger partial charge in [0.25, 0.3) is 0 Å². The van der Waals surface area contributed by atoms with E-state index >= 15 is 0 Å². The van der Waals surface area contributed by atoms with Gasteiger partial charge in [-0.05, 0) is 19.8 Å². The number of carbonyl (C=O) groups is 1. The molecule has 0 atom stereocenters. The van der Waals surface area contributed by atoms with Crippen LogP contribution in [0.1, 0.15) is 42.8 Å². The lowest BCUT2D eigenvalue weighted by molar-refractivity contribution is -0.139. The molecule has 0 saturated heterocycles. The zero-order chi connectivity index (χ0) is 11.6. The quantitative estimate of drug-likeness (QED) is 0.880. The number of aromatic nitrogens is 1. The van der Waals surface area contributed by atoms with Crippen LogP contribution in [0.5, 0.6) is 0 Å². The van der Waals surface area contributed by atoms with Crippen LogP contribution in [0.25, 0.3) is 0 Å². The van der Waals surface area contributed by atoms with Crippen molar-refractivity contribution in [3.8, 4) is 0 Å². The molecule has 0 spiro atoms. The molecule has 2 rings (SSSR count). The second-order valence-corrected chi connectivity index (χ2v) is 5.61. The molecule has 0 radical (unpaired) electrons. The average Bonchev–Trinajstić information content (AvgIpc) is 2.65. The van der Waals surface area contributed by atoms with Crippen molar-refractivity contribution in [1.82, 2.24) is 4.98 Å². The minimum absolute atomic E-state index is 0.0579. The first-order valence-corrected chi connectivity index (χ1v) is 6.65. The van der Waals surface area contributed by atoms with Crippen molar-refractivity contribution in [2.24, 2.45) is 0 Å². The summed E-state index contributed by atoms with van der Waals surface area (Å²) in [5.74, 6) is -0.0579. The van der Waals surface area contributed by atoms with E-state index in [1.807, 2.05) is 12.3 Å². The Kier molecular flexibility index (Phi) is 3.40. The third-order valence-corrected chi connectivity index (χ3v) is 4.03. The van der Waals surface area contributed by atoms with Gasteiger partial charge in [0, 0.05) is 5.38 Å². The highest BCUT2D eigenvalue weighted by Gasteiger charge is 2.36. The van der Waals surface area contributed by atoms with Crippen molar-refractivity contribution in [1.29, 1.82) is 0 Å². The molecule has 1 N–H and O–H groups in total. The van der Waals surface area contributed by atoms with E-state index in [2.05, 4.69) is 4.98 Å². The van der Waals surface area contributed by atoms with Gasteiger partial charge in [0.1, 0.15) is 5.60 Å². The first-order chi connectivity index (χ1) is 7.60. The number of hydrogen-bond donors (Lipinski definition) is 1. The van der Waals surface area contributed by atoms with Crippen LogP contribution >= 0.6 is 11.3 Å². The summed E-state index contributed by atoms with van der Waals surface area (Å²) in [5, 5.41) is 13.1. The predicted molar refractivity (Wildman–Crippen MR) is 63.6 cm³/mol. The summed E-state index contributed by atoms with van der Waals surface area (Å²) in [6.45, 7) is 1.92. The lowest BCUT2D eigenvalue weighted by Gasteiger charge is -2.30. The number of rotatable bonds is 3. The van der Waals surface area contributed by atoms with Crippen LogP contribution in [0.3, 0.4) is 0 Å². The maximum atomic E-state index is 12.0. The van der Waals surface area contributed by atoms with Crippen LogP contribution in [0.2, 0.25) is 0 Å². The fraction of sp³-hybridized carbons (Fsp3) is 0.667. The Balaban J connectivity index is 2.01. The summed E-state index contributed by atoms with van der Waals surface area (Å²) >= 11 is 1.55. The number of aliphatic hydroxyl groups is 1. The first kappa shape index (κ1) is 11.7. The van der Waals surface area contributed by atoms with Gasteiger partial charge >= 0.3 is 0 Å². The lowest BCUT2D eigenvalue weighted by atomic mass is 9.80. The van der Waals surface area contributed by atoms with Gasteiger partial charge in [-0.15, -0.1) is 11.3 Å². The van der Waals surface area contributed by atoms with E-state index in [9.17, 15) is 9.90 Å². The largest absolute Gasteiger partial charge is 0.382 e. The maximum Gasteiger partial charge on any atom is 0.170 e. The SMILES string of the molecule is Cc1nc(CC(=O)C2(O)CCCCC2)cs1. The van der Waals surface area contributed by atoms with Crippen LogP contribution in [0.15, 0.2) is 5.38 Å². The summed E-state index contributed by atoms with van der Waals surface area (Å²) in [5.41, 5.74) is -0.276. The summed E-state index contributed by atoms with van der Waals surface area (Å²) in [7, 11) is 0. The fourth-order valence-electron chi connectivity index (χ4n) is 2.23. The van der Waals surface area contributed by atoms with Crippen molar-refractivity contribution in [2.45, 2.75) is 51.0 Å². The van der Waals surface area contributed by atoms with Crippen molar-refractivity contribution in [3.05, 3.63) is 16.1 Å². The van der Waals surface area contributed by atoms with E-state index in [4.69, 9.17) is 0 Å². The average molecular weight is 239 g/mol. The highest BCUT2D eigenvalue weighted by molar-refractivity contribution is 7.09. The molecular weight excluding hydrogens is 222 g/mol. The molecule has 1 saturated carbocycles. The minimum atomic E-state index is -1.07. The maximum absolute atomic E-state index is 12.0. The van der Waals surface area contributed by atoms with Crippen LogP contribution in [0.4, 0.5) is 0 Å². The molecule has 0 aromatic carbocycles. The predicted octanol–water partition coefficient (Wildman–Crippen LogP) is 2.26. The molecule has 0 aliphatic heterocycles. The monoisotopic (exact) mass is 239 g/mol. The van der Waals surface area contributed by atoms with Gasteiger partial charge in [-0.25, -0.2) is 4.98 Å². The molecule has 3 nitrogen and oxygen atoms in total. The van der Waals surface area contributed by atoms with Crippen molar-refractivity contribution < 1.29 is 9.90 Å². The topological polar surface area (TPSA) is 50.2 Å². The van der Waals surface area contributed by atoms with Crippen LogP contribution in [0, 0.1) is 6.92 Å². The number of hydrogen-bond acceptors (Lipinski definition) is 4. The number of nitrogens with zero attached hydrogens (tertiary/aromatic N) is 1. The molecule has 16 heavy (non-hydrogen) atoms.